The molecule has 0 spiro atoms. The third kappa shape index (κ3) is 13.7. The Bertz CT molecular complexity index is 1180. The van der Waals surface area contributed by atoms with Gasteiger partial charge in [-0.05, 0) is 44.2 Å². The van der Waals surface area contributed by atoms with Crippen LogP contribution in [-0.2, 0) is 20.8 Å². The summed E-state index contributed by atoms with van der Waals surface area (Å²) in [6.45, 7) is 1.81. The number of alkyl halides is 1. The lowest BCUT2D eigenvalue weighted by molar-refractivity contribution is -0.137. The minimum absolute atomic E-state index is 0.123. The average molecular weight is 655 g/mol. The van der Waals surface area contributed by atoms with Gasteiger partial charge in [-0.1, -0.05) is 69.4 Å². The van der Waals surface area contributed by atoms with Gasteiger partial charge in [-0.25, -0.2) is 4.39 Å². The van der Waals surface area contributed by atoms with E-state index < -0.39 is 54.7 Å². The fraction of sp³-hybridized carbons (Fsp3) is 0.649. The number of nitrogens with zero attached hydrogens (tertiary/aromatic N) is 2. The molecule has 47 heavy (non-hydrogen) atoms. The Hall–Kier alpha value is -3.44. The van der Waals surface area contributed by atoms with Crippen LogP contribution in [0.3, 0.4) is 0 Å². The number of carbonyl (C=O) groups is 3. The molecule has 260 valence electrons. The highest BCUT2D eigenvalue weighted by Crippen LogP contribution is 2.29. The molecule has 3 amide bonds. The van der Waals surface area contributed by atoms with Gasteiger partial charge in [0.2, 0.25) is 17.7 Å². The number of rotatable bonds is 20. The molecule has 1 fully saturated rings. The lowest BCUT2D eigenvalue weighted by Crippen LogP contribution is -2.57. The summed E-state index contributed by atoms with van der Waals surface area (Å²) in [5, 5.41) is 27.7. The molecular weight excluding hydrogens is 599 g/mol. The predicted molar refractivity (Wildman–Crippen MR) is 182 cm³/mol. The molecule has 1 aromatic carbocycles. The highest BCUT2D eigenvalue weighted by molar-refractivity contribution is 5.91. The van der Waals surface area contributed by atoms with Gasteiger partial charge in [0.25, 0.3) is 0 Å². The van der Waals surface area contributed by atoms with Crippen LogP contribution in [0.1, 0.15) is 76.7 Å². The molecule has 6 unspecified atom stereocenters. The summed E-state index contributed by atoms with van der Waals surface area (Å²) in [6, 6.07) is 7.39. The van der Waals surface area contributed by atoms with E-state index in [1.54, 1.807) is 14.1 Å². The largest absolute Gasteiger partial charge is 0.390 e. The predicted octanol–water partition coefficient (Wildman–Crippen LogP) is 3.29. The monoisotopic (exact) mass is 654 g/mol. The Labute approximate surface area is 281 Å². The molecule has 1 aromatic rings. The lowest BCUT2D eigenvalue weighted by Gasteiger charge is -2.34. The van der Waals surface area contributed by atoms with Gasteiger partial charge in [-0.2, -0.15) is 0 Å². The lowest BCUT2D eigenvalue weighted by atomic mass is 9.82. The summed E-state index contributed by atoms with van der Waals surface area (Å²) in [5.74, 6) is 2.57. The third-order valence-electron chi connectivity index (χ3n) is 9.23. The number of halogens is 1. The molecular formula is C37H55FN4O5. The molecule has 9 nitrogen and oxygen atoms in total. The molecule has 4 N–H and O–H groups in total. The topological polar surface area (TPSA) is 122 Å². The van der Waals surface area contributed by atoms with Crippen LogP contribution in [0.5, 0.6) is 0 Å². The number of hydrogen-bond donors (Lipinski definition) is 4. The van der Waals surface area contributed by atoms with Crippen LogP contribution in [0, 0.1) is 42.4 Å². The first-order valence-corrected chi connectivity index (χ1v) is 16.9. The van der Waals surface area contributed by atoms with E-state index in [2.05, 4.69) is 22.5 Å². The van der Waals surface area contributed by atoms with Gasteiger partial charge in [-0.15, -0.1) is 24.7 Å². The van der Waals surface area contributed by atoms with E-state index in [1.165, 1.54) is 9.80 Å². The third-order valence-corrected chi connectivity index (χ3v) is 9.23. The molecule has 1 aliphatic carbocycles. The highest BCUT2D eigenvalue weighted by Gasteiger charge is 2.36. The first-order valence-electron chi connectivity index (χ1n) is 16.9. The zero-order chi connectivity index (χ0) is 34.8. The van der Waals surface area contributed by atoms with Gasteiger partial charge in [0, 0.05) is 38.9 Å². The van der Waals surface area contributed by atoms with Crippen LogP contribution in [0.4, 0.5) is 4.39 Å². The zero-order valence-electron chi connectivity index (χ0n) is 28.4. The Morgan fingerprint density at radius 3 is 2.30 bits per heavy atom. The Kier molecular flexibility index (Phi) is 18.1. The van der Waals surface area contributed by atoms with Crippen LogP contribution in [0.25, 0.3) is 0 Å². The highest BCUT2D eigenvalue weighted by atomic mass is 19.1. The molecule has 6 atom stereocenters. The Balaban J connectivity index is 2.31. The summed E-state index contributed by atoms with van der Waals surface area (Å²) < 4.78 is 12.9. The molecule has 10 heteroatoms. The maximum absolute atomic E-state index is 14.0. The van der Waals surface area contributed by atoms with E-state index in [-0.39, 0.29) is 44.1 Å². The van der Waals surface area contributed by atoms with Gasteiger partial charge < -0.3 is 25.7 Å². The quantitative estimate of drug-likeness (QED) is 0.127. The number of amides is 3. The van der Waals surface area contributed by atoms with E-state index in [0.29, 0.717) is 19.4 Å². The van der Waals surface area contributed by atoms with Crippen LogP contribution in [0.15, 0.2) is 30.3 Å². The first-order chi connectivity index (χ1) is 22.5. The molecule has 1 aliphatic rings. The second-order valence-corrected chi connectivity index (χ2v) is 12.9. The van der Waals surface area contributed by atoms with E-state index in [9.17, 15) is 29.0 Å². The maximum Gasteiger partial charge on any atom is 0.244 e. The van der Waals surface area contributed by atoms with Crippen molar-refractivity contribution in [2.75, 3.05) is 34.0 Å². The van der Waals surface area contributed by atoms with Crippen LogP contribution in [-0.4, -0.2) is 96.0 Å². The fourth-order valence-electron chi connectivity index (χ4n) is 6.11. The summed E-state index contributed by atoms with van der Waals surface area (Å²) in [5.41, 5.74) is 0.849. The fourth-order valence-corrected chi connectivity index (χ4v) is 6.11. The molecule has 0 radical (unpaired) electrons. The van der Waals surface area contributed by atoms with Crippen LogP contribution in [0.2, 0.25) is 0 Å². The van der Waals surface area contributed by atoms with Crippen molar-refractivity contribution in [3.8, 4) is 24.7 Å². The minimum Gasteiger partial charge on any atom is -0.390 e. The van der Waals surface area contributed by atoms with Gasteiger partial charge in [0.05, 0.1) is 18.1 Å². The number of carbonyl (C=O) groups excluding carboxylic acids is 3. The van der Waals surface area contributed by atoms with Crippen molar-refractivity contribution in [1.82, 2.24) is 20.4 Å². The van der Waals surface area contributed by atoms with E-state index in [4.69, 9.17) is 12.8 Å². The molecule has 2 rings (SSSR count). The molecule has 0 bridgehead atoms. The van der Waals surface area contributed by atoms with E-state index in [0.717, 1.165) is 37.7 Å². The van der Waals surface area contributed by atoms with Crippen LogP contribution >= 0.6 is 0 Å². The first kappa shape index (κ1) is 39.7. The second kappa shape index (κ2) is 21.4. The molecule has 1 saturated carbocycles. The number of aliphatic hydroxyl groups excluding tert-OH is 2. The Morgan fingerprint density at radius 1 is 1.02 bits per heavy atom. The number of hydrogen-bond acceptors (Lipinski definition) is 6. The van der Waals surface area contributed by atoms with Gasteiger partial charge in [-0.3, -0.25) is 19.3 Å². The summed E-state index contributed by atoms with van der Waals surface area (Å²) in [7, 11) is 3.23. The van der Waals surface area contributed by atoms with Crippen LogP contribution < -0.4 is 10.6 Å². The number of nitrogens with one attached hydrogen (secondary N) is 2. The van der Waals surface area contributed by atoms with Crippen molar-refractivity contribution >= 4 is 17.7 Å². The van der Waals surface area contributed by atoms with Gasteiger partial charge in [0.15, 0.2) is 0 Å². The molecule has 0 aliphatic heterocycles. The summed E-state index contributed by atoms with van der Waals surface area (Å²) >= 11 is 0. The smallest absolute Gasteiger partial charge is 0.244 e. The zero-order valence-corrected chi connectivity index (χ0v) is 28.4. The second-order valence-electron chi connectivity index (χ2n) is 12.9. The number of aliphatic hydroxyl groups is 2. The van der Waals surface area contributed by atoms with Crippen molar-refractivity contribution in [3.63, 3.8) is 0 Å². The van der Waals surface area contributed by atoms with E-state index in [1.807, 2.05) is 37.3 Å². The summed E-state index contributed by atoms with van der Waals surface area (Å²) in [4.78, 5) is 44.0. The van der Waals surface area contributed by atoms with Gasteiger partial charge >= 0.3 is 0 Å². The SMILES string of the molecule is C#CCCC(O)C(O)C(CC1CCCCC1)NC(=O)C(NC(=O)C(CC(=O)N(C)CCN(C)CF)Cc1ccccc1)C(C#C)CC. The normalized spacial score (nSPS) is 17.3. The number of terminal acetylenes is 2. The summed E-state index contributed by atoms with van der Waals surface area (Å²) in [6.07, 6.45) is 15.5. The van der Waals surface area contributed by atoms with Crippen molar-refractivity contribution in [2.24, 2.45) is 17.8 Å². The molecule has 0 heterocycles. The maximum atomic E-state index is 14.0. The minimum atomic E-state index is -1.26. The Morgan fingerprint density at radius 2 is 1.70 bits per heavy atom. The molecule has 0 aromatic heterocycles. The average Bonchev–Trinajstić information content (AvgIpc) is 3.09. The van der Waals surface area contributed by atoms with Crippen molar-refractivity contribution < 1.29 is 29.0 Å². The molecule has 0 saturated heterocycles. The van der Waals surface area contributed by atoms with Crippen molar-refractivity contribution in [1.29, 1.82) is 0 Å². The standard InChI is InChI=1S/C37H55FN4O5/c1-6-9-20-32(43)35(45)31(24-28-18-14-11-15-19-28)39-37(47)34(29(7-2)8-3)40-36(46)30(23-27-16-12-10-13-17-27)25-33(44)42(5)22-21-41(4)26-38/h1-2,10,12-13,16-17,28-32,34-35,43,45H,8-9,11,14-15,18-26H2,3-5H3,(H,39,47)(H,40,46). The number of benzene rings is 1. The van der Waals surface area contributed by atoms with Crippen molar-refractivity contribution in [3.05, 3.63) is 35.9 Å². The van der Waals surface area contributed by atoms with Crippen molar-refractivity contribution in [2.45, 2.75) is 102 Å². The number of likely N-dealkylation sites (N-methyl/N-ethyl adjacent to an activating group) is 2. The van der Waals surface area contributed by atoms with Gasteiger partial charge in [0.1, 0.15) is 18.9 Å². The van der Waals surface area contributed by atoms with E-state index >= 15 is 0 Å².